The maximum Gasteiger partial charge on any atom is 0.262 e. The van der Waals surface area contributed by atoms with E-state index in [4.69, 9.17) is 0 Å². The molecule has 2 aromatic carbocycles. The molecular formula is C22H20N4O2S. The van der Waals surface area contributed by atoms with Gasteiger partial charge in [-0.15, -0.1) is 11.3 Å². The summed E-state index contributed by atoms with van der Waals surface area (Å²) in [4.78, 5) is 26.5. The third-order valence-corrected chi connectivity index (χ3v) is 5.71. The minimum Gasteiger partial charge on any atom is -0.342 e. The number of thiophene rings is 1. The Morgan fingerprint density at radius 3 is 2.31 bits per heavy atom. The molecule has 0 unspecified atom stereocenters. The van der Waals surface area contributed by atoms with Crippen LogP contribution in [0, 0.1) is 0 Å². The van der Waals surface area contributed by atoms with Gasteiger partial charge in [-0.1, -0.05) is 48.5 Å². The van der Waals surface area contributed by atoms with Crippen molar-refractivity contribution in [1.82, 2.24) is 15.5 Å². The summed E-state index contributed by atoms with van der Waals surface area (Å²) < 4.78 is 0. The zero-order valence-corrected chi connectivity index (χ0v) is 16.8. The number of carbonyl (C=O) groups excluding carboxylic acids is 2. The standard InChI is InChI=1S/C22H20N4O2S/c1-22(2,15-11-7-4-8-12-15)24-20(28)17-13-16-18(25-26-21(16)29-17)23-19(27)14-9-5-3-6-10-14/h3-13H,1-2H3,(H,24,28)(H2,23,25,26,27). The molecule has 0 aliphatic rings. The average molecular weight is 404 g/mol. The second kappa shape index (κ2) is 7.52. The zero-order chi connectivity index (χ0) is 20.4. The Balaban J connectivity index is 1.54. The number of carbonyl (C=O) groups is 2. The van der Waals surface area contributed by atoms with Gasteiger partial charge in [0.25, 0.3) is 11.8 Å². The minimum atomic E-state index is -0.515. The van der Waals surface area contributed by atoms with Crippen LogP contribution in [0.1, 0.15) is 39.4 Å². The van der Waals surface area contributed by atoms with E-state index in [1.807, 2.05) is 50.2 Å². The molecule has 0 fully saturated rings. The van der Waals surface area contributed by atoms with E-state index < -0.39 is 5.54 Å². The molecule has 2 aromatic heterocycles. The summed E-state index contributed by atoms with van der Waals surface area (Å²) in [5.74, 6) is -0.0123. The van der Waals surface area contributed by atoms with Crippen LogP contribution < -0.4 is 10.6 Å². The lowest BCUT2D eigenvalue weighted by molar-refractivity contribution is 0.0915. The van der Waals surface area contributed by atoms with E-state index in [0.717, 1.165) is 10.4 Å². The predicted octanol–water partition coefficient (Wildman–Crippen LogP) is 4.54. The Hall–Kier alpha value is -3.45. The molecular weight excluding hydrogens is 384 g/mol. The van der Waals surface area contributed by atoms with Crippen LogP contribution >= 0.6 is 11.3 Å². The Labute approximate surface area is 172 Å². The van der Waals surface area contributed by atoms with E-state index in [2.05, 4.69) is 20.8 Å². The van der Waals surface area contributed by atoms with Gasteiger partial charge in [0, 0.05) is 5.56 Å². The number of fused-ring (bicyclic) bond motifs is 1. The number of anilines is 1. The molecule has 0 radical (unpaired) electrons. The van der Waals surface area contributed by atoms with E-state index in [-0.39, 0.29) is 11.8 Å². The molecule has 0 saturated heterocycles. The van der Waals surface area contributed by atoms with Crippen molar-refractivity contribution >= 4 is 39.2 Å². The van der Waals surface area contributed by atoms with Crippen molar-refractivity contribution in [1.29, 1.82) is 0 Å². The first-order valence-electron chi connectivity index (χ1n) is 9.16. The Bertz CT molecular complexity index is 1160. The quantitative estimate of drug-likeness (QED) is 0.456. The number of hydrogen-bond donors (Lipinski definition) is 3. The fourth-order valence-corrected chi connectivity index (χ4v) is 3.96. The van der Waals surface area contributed by atoms with Crippen LogP contribution in [-0.2, 0) is 5.54 Å². The maximum absolute atomic E-state index is 12.8. The van der Waals surface area contributed by atoms with Crippen LogP contribution in [0.4, 0.5) is 5.82 Å². The van der Waals surface area contributed by atoms with Crippen molar-refractivity contribution in [3.8, 4) is 0 Å². The smallest absolute Gasteiger partial charge is 0.262 e. The van der Waals surface area contributed by atoms with Crippen molar-refractivity contribution in [3.05, 3.63) is 82.7 Å². The summed E-state index contributed by atoms with van der Waals surface area (Å²) in [5, 5.41) is 13.6. The number of nitrogens with one attached hydrogen (secondary N) is 3. The number of benzene rings is 2. The van der Waals surface area contributed by atoms with Gasteiger partial charge in [0.2, 0.25) is 0 Å². The number of nitrogens with zero attached hydrogens (tertiary/aromatic N) is 1. The highest BCUT2D eigenvalue weighted by atomic mass is 32.1. The highest BCUT2D eigenvalue weighted by Crippen LogP contribution is 2.30. The Morgan fingerprint density at radius 1 is 0.966 bits per heavy atom. The first-order chi connectivity index (χ1) is 13.9. The highest BCUT2D eigenvalue weighted by molar-refractivity contribution is 7.20. The lowest BCUT2D eigenvalue weighted by atomic mass is 9.94. The zero-order valence-electron chi connectivity index (χ0n) is 16.0. The summed E-state index contributed by atoms with van der Waals surface area (Å²) in [5.41, 5.74) is 1.05. The van der Waals surface area contributed by atoms with Crippen LogP contribution in [0.5, 0.6) is 0 Å². The topological polar surface area (TPSA) is 86.9 Å². The molecule has 0 saturated carbocycles. The second-order valence-corrected chi connectivity index (χ2v) is 8.24. The lowest BCUT2D eigenvalue weighted by Gasteiger charge is -2.26. The van der Waals surface area contributed by atoms with Crippen LogP contribution in [0.25, 0.3) is 10.2 Å². The summed E-state index contributed by atoms with van der Waals surface area (Å²) in [7, 11) is 0. The van der Waals surface area contributed by atoms with Crippen molar-refractivity contribution in [2.75, 3.05) is 5.32 Å². The number of amides is 2. The molecule has 2 heterocycles. The molecule has 4 rings (SSSR count). The van der Waals surface area contributed by atoms with E-state index in [0.29, 0.717) is 21.6 Å². The number of H-pyrrole nitrogens is 1. The molecule has 7 heteroatoms. The van der Waals surface area contributed by atoms with Gasteiger partial charge in [-0.25, -0.2) is 0 Å². The van der Waals surface area contributed by atoms with Gasteiger partial charge in [0.15, 0.2) is 5.82 Å². The maximum atomic E-state index is 12.8. The van der Waals surface area contributed by atoms with Gasteiger partial charge in [-0.2, -0.15) is 5.10 Å². The van der Waals surface area contributed by atoms with Crippen LogP contribution in [0.15, 0.2) is 66.7 Å². The van der Waals surface area contributed by atoms with E-state index >= 15 is 0 Å². The molecule has 3 N–H and O–H groups in total. The predicted molar refractivity (Wildman–Crippen MR) is 115 cm³/mol. The molecule has 29 heavy (non-hydrogen) atoms. The lowest BCUT2D eigenvalue weighted by Crippen LogP contribution is -2.40. The van der Waals surface area contributed by atoms with Gasteiger partial charge in [-0.3, -0.25) is 14.7 Å². The summed E-state index contributed by atoms with van der Waals surface area (Å²) >= 11 is 1.30. The summed E-state index contributed by atoms with van der Waals surface area (Å²) in [6.45, 7) is 3.93. The molecule has 146 valence electrons. The molecule has 0 atom stereocenters. The Kier molecular flexibility index (Phi) is 4.90. The number of aromatic amines is 1. The Morgan fingerprint density at radius 2 is 1.62 bits per heavy atom. The van der Waals surface area contributed by atoms with Crippen molar-refractivity contribution in [2.24, 2.45) is 0 Å². The van der Waals surface area contributed by atoms with Gasteiger partial charge in [-0.05, 0) is 37.6 Å². The molecule has 0 aliphatic heterocycles. The van der Waals surface area contributed by atoms with Crippen molar-refractivity contribution in [2.45, 2.75) is 19.4 Å². The third kappa shape index (κ3) is 3.90. The SMILES string of the molecule is CC(C)(NC(=O)c1cc2c(NC(=O)c3ccccc3)n[nH]c2s1)c1ccccc1. The fourth-order valence-electron chi connectivity index (χ4n) is 3.07. The van der Waals surface area contributed by atoms with Crippen molar-refractivity contribution in [3.63, 3.8) is 0 Å². The number of hydrogen-bond acceptors (Lipinski definition) is 4. The first kappa shape index (κ1) is 18.9. The molecule has 6 nitrogen and oxygen atoms in total. The molecule has 0 spiro atoms. The van der Waals surface area contributed by atoms with E-state index in [9.17, 15) is 9.59 Å². The van der Waals surface area contributed by atoms with Crippen molar-refractivity contribution < 1.29 is 9.59 Å². The molecule has 0 bridgehead atoms. The normalized spacial score (nSPS) is 11.4. The summed E-state index contributed by atoms with van der Waals surface area (Å²) in [6, 6.07) is 20.5. The van der Waals surface area contributed by atoms with Gasteiger partial charge < -0.3 is 10.6 Å². The van der Waals surface area contributed by atoms with Gasteiger partial charge >= 0.3 is 0 Å². The van der Waals surface area contributed by atoms with Crippen LogP contribution in [-0.4, -0.2) is 22.0 Å². The minimum absolute atomic E-state index is 0.172. The van der Waals surface area contributed by atoms with E-state index in [1.54, 1.807) is 30.3 Å². The third-order valence-electron chi connectivity index (χ3n) is 4.67. The van der Waals surface area contributed by atoms with Crippen LogP contribution in [0.3, 0.4) is 0 Å². The number of aromatic nitrogens is 2. The van der Waals surface area contributed by atoms with E-state index in [1.165, 1.54) is 11.3 Å². The molecule has 4 aromatic rings. The van der Waals surface area contributed by atoms with Gasteiger partial charge in [0.05, 0.1) is 15.8 Å². The van der Waals surface area contributed by atoms with Gasteiger partial charge in [0.1, 0.15) is 4.83 Å². The molecule has 2 amide bonds. The largest absolute Gasteiger partial charge is 0.342 e. The second-order valence-electron chi connectivity index (χ2n) is 7.19. The first-order valence-corrected chi connectivity index (χ1v) is 9.98. The monoisotopic (exact) mass is 404 g/mol. The summed E-state index contributed by atoms with van der Waals surface area (Å²) in [6.07, 6.45) is 0. The van der Waals surface area contributed by atoms with Crippen LogP contribution in [0.2, 0.25) is 0 Å². The number of rotatable bonds is 5. The molecule has 0 aliphatic carbocycles. The highest BCUT2D eigenvalue weighted by Gasteiger charge is 2.25. The fraction of sp³-hybridized carbons (Fsp3) is 0.136. The average Bonchev–Trinajstić information content (AvgIpc) is 3.31.